The van der Waals surface area contributed by atoms with E-state index < -0.39 is 11.6 Å². The van der Waals surface area contributed by atoms with Gasteiger partial charge in [0, 0.05) is 11.8 Å². The maximum absolute atomic E-state index is 14.1. The Morgan fingerprint density at radius 2 is 1.91 bits per heavy atom. The molecule has 3 heteroatoms. The van der Waals surface area contributed by atoms with E-state index in [1.165, 1.54) is 0 Å². The number of Topliss-reactive ketones (excluding diaryl/α,β-unsaturated/α-hetero) is 1. The van der Waals surface area contributed by atoms with E-state index in [2.05, 4.69) is 19.1 Å². The van der Waals surface area contributed by atoms with Crippen LogP contribution in [0.4, 0.5) is 4.39 Å². The second-order valence-corrected chi connectivity index (χ2v) is 8.16. The number of hydrogen-bond donors (Lipinski definition) is 0. The normalized spacial score (nSPS) is 50.2. The van der Waals surface area contributed by atoms with E-state index >= 15 is 0 Å². The fraction of sp³-hybridized carbons (Fsp3) is 0.684. The molecule has 118 valence electrons. The maximum atomic E-state index is 14.1. The van der Waals surface area contributed by atoms with Gasteiger partial charge >= 0.3 is 0 Å². The van der Waals surface area contributed by atoms with Crippen molar-refractivity contribution < 1.29 is 14.0 Å². The van der Waals surface area contributed by atoms with Crippen molar-refractivity contribution in [1.82, 2.24) is 0 Å². The van der Waals surface area contributed by atoms with Gasteiger partial charge in [-0.3, -0.25) is 9.59 Å². The molecule has 6 atom stereocenters. The fourth-order valence-corrected chi connectivity index (χ4v) is 5.75. The van der Waals surface area contributed by atoms with Crippen LogP contribution in [0.3, 0.4) is 0 Å². The molecule has 0 aromatic rings. The highest BCUT2D eigenvalue weighted by Gasteiger charge is 2.60. The lowest BCUT2D eigenvalue weighted by molar-refractivity contribution is -0.133. The summed E-state index contributed by atoms with van der Waals surface area (Å²) < 4.78 is 14.1. The largest absolute Gasteiger partial charge is 0.296 e. The molecule has 0 radical (unpaired) electrons. The highest BCUT2D eigenvalue weighted by molar-refractivity contribution is 5.93. The van der Waals surface area contributed by atoms with Gasteiger partial charge in [0.25, 0.3) is 0 Å². The predicted molar refractivity (Wildman–Crippen MR) is 81.9 cm³/mol. The molecule has 0 amide bonds. The van der Waals surface area contributed by atoms with Crippen LogP contribution in [0.15, 0.2) is 23.8 Å². The molecule has 2 nitrogen and oxygen atoms in total. The third kappa shape index (κ3) is 1.65. The molecule has 22 heavy (non-hydrogen) atoms. The number of alkyl halides is 1. The molecule has 0 N–H and O–H groups in total. The summed E-state index contributed by atoms with van der Waals surface area (Å²) in [4.78, 5) is 24.0. The zero-order valence-corrected chi connectivity index (χ0v) is 13.3. The van der Waals surface area contributed by atoms with E-state index in [9.17, 15) is 14.0 Å². The lowest BCUT2D eigenvalue weighted by Gasteiger charge is -2.54. The summed E-state index contributed by atoms with van der Waals surface area (Å²) in [6, 6.07) is 0. The van der Waals surface area contributed by atoms with Crippen LogP contribution < -0.4 is 0 Å². The SMILES string of the molecule is C[C@]12CCC(=O)C=C1C=CC1C2CC[C@]2(C)C(=O)[C@@H](F)CC12. The van der Waals surface area contributed by atoms with Gasteiger partial charge in [0.2, 0.25) is 0 Å². The average Bonchev–Trinajstić information content (AvgIpc) is 2.72. The van der Waals surface area contributed by atoms with Gasteiger partial charge in [-0.25, -0.2) is 4.39 Å². The lowest BCUT2D eigenvalue weighted by Crippen LogP contribution is -2.49. The molecular weight excluding hydrogens is 279 g/mol. The molecule has 4 rings (SSSR count). The van der Waals surface area contributed by atoms with E-state index in [4.69, 9.17) is 0 Å². The Hall–Kier alpha value is -1.25. The van der Waals surface area contributed by atoms with Crippen LogP contribution >= 0.6 is 0 Å². The van der Waals surface area contributed by atoms with Gasteiger partial charge in [0.15, 0.2) is 17.7 Å². The van der Waals surface area contributed by atoms with Crippen molar-refractivity contribution in [1.29, 1.82) is 0 Å². The number of allylic oxidation sites excluding steroid dienone is 4. The van der Waals surface area contributed by atoms with Gasteiger partial charge in [0.1, 0.15) is 0 Å². The van der Waals surface area contributed by atoms with Crippen molar-refractivity contribution >= 4 is 11.6 Å². The van der Waals surface area contributed by atoms with Gasteiger partial charge in [-0.05, 0) is 60.5 Å². The summed E-state index contributed by atoms with van der Waals surface area (Å²) in [5, 5.41) is 0. The molecule has 0 aromatic carbocycles. The minimum Gasteiger partial charge on any atom is -0.296 e. The topological polar surface area (TPSA) is 34.1 Å². The van der Waals surface area contributed by atoms with E-state index in [-0.39, 0.29) is 28.8 Å². The third-order valence-electron chi connectivity index (χ3n) is 7.21. The van der Waals surface area contributed by atoms with Crippen LogP contribution in [0.2, 0.25) is 0 Å². The first-order valence-electron chi connectivity index (χ1n) is 8.48. The Labute approximate surface area is 130 Å². The zero-order valence-electron chi connectivity index (χ0n) is 13.3. The molecule has 0 aliphatic heterocycles. The number of hydrogen-bond acceptors (Lipinski definition) is 2. The van der Waals surface area contributed by atoms with Crippen LogP contribution in [0.5, 0.6) is 0 Å². The van der Waals surface area contributed by atoms with Crippen molar-refractivity contribution in [2.24, 2.45) is 28.6 Å². The van der Waals surface area contributed by atoms with E-state index in [0.717, 1.165) is 24.8 Å². The molecule has 2 fully saturated rings. The third-order valence-corrected chi connectivity index (χ3v) is 7.21. The minimum atomic E-state index is -1.28. The first-order valence-corrected chi connectivity index (χ1v) is 8.48. The molecule has 4 aliphatic carbocycles. The first-order chi connectivity index (χ1) is 10.4. The second kappa shape index (κ2) is 4.39. The molecule has 4 aliphatic rings. The molecule has 3 unspecified atom stereocenters. The molecule has 2 saturated carbocycles. The Bertz CT molecular complexity index is 619. The Kier molecular flexibility index (Phi) is 2.87. The van der Waals surface area contributed by atoms with Crippen LogP contribution in [-0.4, -0.2) is 17.7 Å². The summed E-state index contributed by atoms with van der Waals surface area (Å²) in [6.45, 7) is 4.24. The van der Waals surface area contributed by atoms with Gasteiger partial charge in [-0.1, -0.05) is 26.0 Å². The molecule has 0 bridgehead atoms. The quantitative estimate of drug-likeness (QED) is 0.682. The first kappa shape index (κ1) is 14.3. The van der Waals surface area contributed by atoms with Crippen molar-refractivity contribution in [2.45, 2.75) is 52.1 Å². The summed E-state index contributed by atoms with van der Waals surface area (Å²) in [5.41, 5.74) is 0.689. The minimum absolute atomic E-state index is 0.0199. The second-order valence-electron chi connectivity index (χ2n) is 8.16. The lowest BCUT2D eigenvalue weighted by atomic mass is 9.49. The summed E-state index contributed by atoms with van der Waals surface area (Å²) in [5.74, 6) is 0.888. The monoisotopic (exact) mass is 302 g/mol. The smallest absolute Gasteiger partial charge is 0.173 e. The molecule has 0 heterocycles. The highest BCUT2D eigenvalue weighted by atomic mass is 19.1. The average molecular weight is 302 g/mol. The predicted octanol–water partition coefficient (Wildman–Crippen LogP) is 3.81. The van der Waals surface area contributed by atoms with Crippen LogP contribution in [0.25, 0.3) is 0 Å². The van der Waals surface area contributed by atoms with Gasteiger partial charge < -0.3 is 0 Å². The van der Waals surface area contributed by atoms with E-state index in [1.54, 1.807) is 0 Å². The Balaban J connectivity index is 1.76. The van der Waals surface area contributed by atoms with Crippen molar-refractivity contribution in [3.63, 3.8) is 0 Å². The molecule has 0 aromatic heterocycles. The van der Waals surface area contributed by atoms with Crippen LogP contribution in [0.1, 0.15) is 46.0 Å². The Morgan fingerprint density at radius 3 is 2.68 bits per heavy atom. The van der Waals surface area contributed by atoms with Gasteiger partial charge in [-0.2, -0.15) is 0 Å². The number of fused-ring (bicyclic) bond motifs is 5. The number of ketones is 2. The van der Waals surface area contributed by atoms with Crippen molar-refractivity contribution in [3.05, 3.63) is 23.8 Å². The zero-order chi connectivity index (χ0) is 15.7. The number of halogens is 1. The Morgan fingerprint density at radius 1 is 1.14 bits per heavy atom. The molecular formula is C19H23FO2. The number of rotatable bonds is 0. The summed E-state index contributed by atoms with van der Waals surface area (Å²) in [6.07, 6.45) is 8.43. The molecule has 0 saturated heterocycles. The number of carbonyl (C=O) groups is 2. The standard InChI is InChI=1S/C19H23FO2/c1-18-7-5-12(21)9-11(18)3-4-13-14(18)6-8-19(2)15(13)10-16(20)17(19)22/h3-4,9,13-16H,5-8,10H2,1-2H3/t13?,14?,15?,16-,18-,19-/m0/s1. The maximum Gasteiger partial charge on any atom is 0.173 e. The number of carbonyl (C=O) groups excluding carboxylic acids is 2. The van der Waals surface area contributed by atoms with E-state index in [1.807, 2.05) is 13.0 Å². The van der Waals surface area contributed by atoms with Gasteiger partial charge in [-0.15, -0.1) is 0 Å². The fourth-order valence-electron chi connectivity index (χ4n) is 5.75. The summed E-state index contributed by atoms with van der Waals surface area (Å²) >= 11 is 0. The van der Waals surface area contributed by atoms with Crippen LogP contribution in [0, 0.1) is 28.6 Å². The van der Waals surface area contributed by atoms with Crippen molar-refractivity contribution in [3.8, 4) is 0 Å². The van der Waals surface area contributed by atoms with Crippen LogP contribution in [-0.2, 0) is 9.59 Å². The van der Waals surface area contributed by atoms with Gasteiger partial charge in [0.05, 0.1) is 0 Å². The van der Waals surface area contributed by atoms with Crippen molar-refractivity contribution in [2.75, 3.05) is 0 Å². The molecule has 0 spiro atoms. The summed E-state index contributed by atoms with van der Waals surface area (Å²) in [7, 11) is 0. The highest BCUT2D eigenvalue weighted by Crippen LogP contribution is 2.62. The van der Waals surface area contributed by atoms with E-state index in [0.29, 0.717) is 18.8 Å².